The van der Waals surface area contributed by atoms with Crippen molar-refractivity contribution in [3.05, 3.63) is 0 Å². The molecule has 1 heterocycles. The average molecular weight is 220 g/mol. The second-order valence-corrected chi connectivity index (χ2v) is 6.19. The molecule has 0 aromatic heterocycles. The Morgan fingerprint density at radius 2 is 2.00 bits per heavy atom. The van der Waals surface area contributed by atoms with E-state index in [2.05, 4.69) is 5.32 Å². The number of hydrogen-bond acceptors (Lipinski definition) is 3. The molecule has 0 aliphatic carbocycles. The highest BCUT2D eigenvalue weighted by molar-refractivity contribution is 7.89. The predicted octanol–water partition coefficient (Wildman–Crippen LogP) is 0.268. The summed E-state index contributed by atoms with van der Waals surface area (Å²) in [5.74, 6) is 0.476. The quantitative estimate of drug-likeness (QED) is 0.742. The third-order valence-corrected chi connectivity index (χ3v) is 4.48. The fourth-order valence-electron chi connectivity index (χ4n) is 1.63. The molecule has 0 spiro atoms. The third kappa shape index (κ3) is 3.55. The second-order valence-electron chi connectivity index (χ2n) is 4.18. The minimum atomic E-state index is -3.01. The molecular weight excluding hydrogens is 200 g/mol. The van der Waals surface area contributed by atoms with Gasteiger partial charge in [0, 0.05) is 19.6 Å². The lowest BCUT2D eigenvalue weighted by Crippen LogP contribution is -2.36. The lowest BCUT2D eigenvalue weighted by molar-refractivity contribution is 0.427. The molecule has 0 aromatic rings. The van der Waals surface area contributed by atoms with Crippen LogP contribution in [0.3, 0.4) is 0 Å². The van der Waals surface area contributed by atoms with Gasteiger partial charge in [0.05, 0.1) is 5.75 Å². The Bertz CT molecular complexity index is 254. The fourth-order valence-corrected chi connectivity index (χ4v) is 3.46. The van der Waals surface area contributed by atoms with Gasteiger partial charge in [0.2, 0.25) is 10.0 Å². The van der Waals surface area contributed by atoms with Crippen LogP contribution in [0.15, 0.2) is 0 Å². The van der Waals surface area contributed by atoms with Crippen molar-refractivity contribution in [2.75, 3.05) is 31.9 Å². The minimum absolute atomic E-state index is 0.205. The standard InChI is InChI=1S/C9H20N2O2S/c1-9(2)8-14(12,13)11-6-3-4-10-5-7-11/h9-10H,3-8H2,1-2H3. The van der Waals surface area contributed by atoms with Crippen LogP contribution in [-0.4, -0.2) is 44.7 Å². The smallest absolute Gasteiger partial charge is 0.214 e. The zero-order valence-electron chi connectivity index (χ0n) is 8.99. The highest BCUT2D eigenvalue weighted by atomic mass is 32.2. The lowest BCUT2D eigenvalue weighted by Gasteiger charge is -2.20. The number of sulfonamides is 1. The third-order valence-electron chi connectivity index (χ3n) is 2.24. The van der Waals surface area contributed by atoms with E-state index >= 15 is 0 Å². The van der Waals surface area contributed by atoms with Gasteiger partial charge in [-0.2, -0.15) is 0 Å². The maximum absolute atomic E-state index is 11.8. The molecule has 0 atom stereocenters. The van der Waals surface area contributed by atoms with Crippen molar-refractivity contribution in [2.45, 2.75) is 20.3 Å². The topological polar surface area (TPSA) is 49.4 Å². The van der Waals surface area contributed by atoms with Crippen LogP contribution in [0.2, 0.25) is 0 Å². The van der Waals surface area contributed by atoms with Crippen molar-refractivity contribution in [3.8, 4) is 0 Å². The van der Waals surface area contributed by atoms with E-state index in [4.69, 9.17) is 0 Å². The van der Waals surface area contributed by atoms with Gasteiger partial charge >= 0.3 is 0 Å². The molecule has 0 saturated carbocycles. The van der Waals surface area contributed by atoms with E-state index in [1.807, 2.05) is 13.8 Å². The van der Waals surface area contributed by atoms with E-state index in [1.54, 1.807) is 4.31 Å². The molecule has 0 bridgehead atoms. The summed E-state index contributed by atoms with van der Waals surface area (Å²) in [7, 11) is -3.01. The highest BCUT2D eigenvalue weighted by Crippen LogP contribution is 2.08. The summed E-state index contributed by atoms with van der Waals surface area (Å²) in [6.07, 6.45) is 0.914. The summed E-state index contributed by atoms with van der Waals surface area (Å²) in [5.41, 5.74) is 0. The van der Waals surface area contributed by atoms with Gasteiger partial charge < -0.3 is 5.32 Å². The largest absolute Gasteiger partial charge is 0.315 e. The van der Waals surface area contributed by atoms with E-state index in [1.165, 1.54) is 0 Å². The number of rotatable bonds is 3. The van der Waals surface area contributed by atoms with Crippen molar-refractivity contribution in [1.82, 2.24) is 9.62 Å². The molecule has 4 nitrogen and oxygen atoms in total. The predicted molar refractivity (Wildman–Crippen MR) is 57.7 cm³/mol. The summed E-state index contributed by atoms with van der Waals surface area (Å²) in [4.78, 5) is 0. The fraction of sp³-hybridized carbons (Fsp3) is 1.00. The molecule has 1 aliphatic heterocycles. The van der Waals surface area contributed by atoms with Crippen LogP contribution >= 0.6 is 0 Å². The van der Waals surface area contributed by atoms with Crippen LogP contribution in [0, 0.1) is 5.92 Å². The summed E-state index contributed by atoms with van der Waals surface area (Å²) in [6.45, 7) is 6.86. The number of nitrogens with one attached hydrogen (secondary N) is 1. The Kier molecular flexibility index (Phi) is 4.34. The first-order chi connectivity index (χ1) is 6.52. The van der Waals surface area contributed by atoms with Crippen molar-refractivity contribution in [1.29, 1.82) is 0 Å². The van der Waals surface area contributed by atoms with Crippen molar-refractivity contribution >= 4 is 10.0 Å². The Labute approximate surface area is 86.7 Å². The molecule has 1 N–H and O–H groups in total. The van der Waals surface area contributed by atoms with E-state index in [0.29, 0.717) is 13.1 Å². The first-order valence-corrected chi connectivity index (χ1v) is 6.82. The van der Waals surface area contributed by atoms with Gasteiger partial charge in [-0.05, 0) is 18.9 Å². The van der Waals surface area contributed by atoms with Gasteiger partial charge in [-0.1, -0.05) is 13.8 Å². The van der Waals surface area contributed by atoms with Crippen LogP contribution in [0.4, 0.5) is 0 Å². The zero-order valence-corrected chi connectivity index (χ0v) is 9.81. The second kappa shape index (κ2) is 5.09. The first kappa shape index (κ1) is 11.9. The molecule has 5 heteroatoms. The minimum Gasteiger partial charge on any atom is -0.315 e. The van der Waals surface area contributed by atoms with E-state index in [9.17, 15) is 8.42 Å². The van der Waals surface area contributed by atoms with Gasteiger partial charge in [0.25, 0.3) is 0 Å². The lowest BCUT2D eigenvalue weighted by atomic mass is 10.3. The Morgan fingerprint density at radius 3 is 2.64 bits per heavy atom. The van der Waals surface area contributed by atoms with Crippen molar-refractivity contribution in [3.63, 3.8) is 0 Å². The maximum Gasteiger partial charge on any atom is 0.214 e. The van der Waals surface area contributed by atoms with Gasteiger partial charge in [-0.3, -0.25) is 0 Å². The van der Waals surface area contributed by atoms with E-state index < -0.39 is 10.0 Å². The van der Waals surface area contributed by atoms with Crippen molar-refractivity contribution in [2.24, 2.45) is 5.92 Å². The molecule has 1 aliphatic rings. The van der Waals surface area contributed by atoms with Gasteiger partial charge in [0.15, 0.2) is 0 Å². The van der Waals surface area contributed by atoms with Crippen LogP contribution in [0.1, 0.15) is 20.3 Å². The summed E-state index contributed by atoms with van der Waals surface area (Å²) in [5, 5.41) is 3.20. The molecule has 0 amide bonds. The zero-order chi connectivity index (χ0) is 10.6. The summed E-state index contributed by atoms with van der Waals surface area (Å²) >= 11 is 0. The SMILES string of the molecule is CC(C)CS(=O)(=O)N1CCCNCC1. The van der Waals surface area contributed by atoms with Crippen LogP contribution in [0.5, 0.6) is 0 Å². The highest BCUT2D eigenvalue weighted by Gasteiger charge is 2.23. The van der Waals surface area contributed by atoms with Crippen LogP contribution in [0.25, 0.3) is 0 Å². The molecule has 0 aromatic carbocycles. The Hall–Kier alpha value is -0.130. The molecule has 0 unspecified atom stereocenters. The number of nitrogens with zero attached hydrogens (tertiary/aromatic N) is 1. The molecular formula is C9H20N2O2S. The monoisotopic (exact) mass is 220 g/mol. The first-order valence-electron chi connectivity index (χ1n) is 5.21. The molecule has 1 fully saturated rings. The average Bonchev–Trinajstić information content (AvgIpc) is 2.28. The van der Waals surface area contributed by atoms with E-state index in [0.717, 1.165) is 19.5 Å². The molecule has 84 valence electrons. The number of hydrogen-bond donors (Lipinski definition) is 1. The Morgan fingerprint density at radius 1 is 1.29 bits per heavy atom. The molecule has 1 saturated heterocycles. The van der Waals surface area contributed by atoms with Gasteiger partial charge in [0.1, 0.15) is 0 Å². The van der Waals surface area contributed by atoms with Crippen LogP contribution in [-0.2, 0) is 10.0 Å². The molecule has 14 heavy (non-hydrogen) atoms. The maximum atomic E-state index is 11.8. The normalized spacial score (nSPS) is 21.1. The summed E-state index contributed by atoms with van der Waals surface area (Å²) in [6, 6.07) is 0. The summed E-state index contributed by atoms with van der Waals surface area (Å²) < 4.78 is 25.3. The van der Waals surface area contributed by atoms with Gasteiger partial charge in [-0.15, -0.1) is 0 Å². The van der Waals surface area contributed by atoms with Crippen molar-refractivity contribution < 1.29 is 8.42 Å². The molecule has 0 radical (unpaired) electrons. The van der Waals surface area contributed by atoms with Gasteiger partial charge in [-0.25, -0.2) is 12.7 Å². The Balaban J connectivity index is 2.60. The van der Waals surface area contributed by atoms with Crippen LogP contribution < -0.4 is 5.32 Å². The molecule has 1 rings (SSSR count). The van der Waals surface area contributed by atoms with E-state index in [-0.39, 0.29) is 11.7 Å².